The van der Waals surface area contributed by atoms with Gasteiger partial charge in [-0.3, -0.25) is 4.79 Å². The van der Waals surface area contributed by atoms with Gasteiger partial charge < -0.3 is 5.11 Å². The quantitative estimate of drug-likeness (QED) is 0.129. The molecule has 0 saturated carbocycles. The zero-order valence-electron chi connectivity index (χ0n) is 22.5. The van der Waals surface area contributed by atoms with E-state index in [1.165, 1.54) is 75.4 Å². The third-order valence-corrected chi connectivity index (χ3v) is 6.03. The third-order valence-electron chi connectivity index (χ3n) is 6.03. The summed E-state index contributed by atoms with van der Waals surface area (Å²) < 4.78 is 0. The van der Waals surface area contributed by atoms with Crippen LogP contribution in [-0.2, 0) is 4.79 Å². The normalized spacial score (nSPS) is 12.5. The van der Waals surface area contributed by atoms with Crippen molar-refractivity contribution < 1.29 is 9.90 Å². The lowest BCUT2D eigenvalue weighted by Gasteiger charge is -2.05. The molecule has 2 nitrogen and oxygen atoms in total. The average Bonchev–Trinajstić information content (AvgIpc) is 2.78. The van der Waals surface area contributed by atoms with Crippen LogP contribution in [0.4, 0.5) is 0 Å². The Bertz CT molecular complexity index is 588. The van der Waals surface area contributed by atoms with Crippen LogP contribution in [0.5, 0.6) is 0 Å². The van der Waals surface area contributed by atoms with Crippen molar-refractivity contribution in [2.24, 2.45) is 0 Å². The van der Waals surface area contributed by atoms with Gasteiger partial charge in [0.25, 0.3) is 0 Å². The summed E-state index contributed by atoms with van der Waals surface area (Å²) in [5.41, 5.74) is 3.62. The molecule has 0 saturated heterocycles. The van der Waals surface area contributed by atoms with Gasteiger partial charge in [-0.1, -0.05) is 93.4 Å². The van der Waals surface area contributed by atoms with Crippen LogP contribution in [0.15, 0.2) is 47.1 Å². The van der Waals surface area contributed by atoms with Crippen LogP contribution < -0.4 is 0 Å². The molecule has 0 aromatic rings. The van der Waals surface area contributed by atoms with Gasteiger partial charge >= 0.3 is 0 Å². The monoisotopic (exact) mass is 458 g/mol. The van der Waals surface area contributed by atoms with Gasteiger partial charge in [-0.2, -0.15) is 0 Å². The first-order valence-corrected chi connectivity index (χ1v) is 13.7. The SMILES string of the molecule is CCCC/C=C\CCCCCCCCC/C=C(/CO)CC(=O)CC/C=C(\C)CCC=C(C)C. The van der Waals surface area contributed by atoms with Crippen molar-refractivity contribution in [3.8, 4) is 0 Å². The van der Waals surface area contributed by atoms with E-state index in [1.54, 1.807) is 0 Å². The molecule has 0 unspecified atom stereocenters. The number of carbonyl (C=O) groups is 1. The molecule has 0 heterocycles. The number of rotatable bonds is 22. The first-order chi connectivity index (χ1) is 16.0. The molecule has 0 aliphatic heterocycles. The van der Waals surface area contributed by atoms with Crippen LogP contribution >= 0.6 is 0 Å². The maximum atomic E-state index is 12.3. The van der Waals surface area contributed by atoms with Crippen LogP contribution in [0.2, 0.25) is 0 Å². The van der Waals surface area contributed by atoms with E-state index in [-0.39, 0.29) is 12.4 Å². The fourth-order valence-electron chi connectivity index (χ4n) is 3.86. The Balaban J connectivity index is 3.79. The van der Waals surface area contributed by atoms with Crippen molar-refractivity contribution in [2.45, 2.75) is 137 Å². The number of ketones is 1. The number of carbonyl (C=O) groups excluding carboxylic acids is 1. The van der Waals surface area contributed by atoms with Gasteiger partial charge in [-0.25, -0.2) is 0 Å². The Morgan fingerprint density at radius 3 is 1.85 bits per heavy atom. The molecule has 0 radical (unpaired) electrons. The fourth-order valence-corrected chi connectivity index (χ4v) is 3.86. The maximum Gasteiger partial charge on any atom is 0.137 e. The van der Waals surface area contributed by atoms with Crippen LogP contribution in [-0.4, -0.2) is 17.5 Å². The minimum absolute atomic E-state index is 0.0101. The van der Waals surface area contributed by atoms with E-state index in [0.29, 0.717) is 12.8 Å². The number of hydrogen-bond donors (Lipinski definition) is 1. The minimum atomic E-state index is 0.0101. The van der Waals surface area contributed by atoms with Crippen LogP contribution in [0.1, 0.15) is 137 Å². The molecule has 0 aromatic heterocycles. The summed E-state index contributed by atoms with van der Waals surface area (Å²) in [7, 11) is 0. The topological polar surface area (TPSA) is 37.3 Å². The van der Waals surface area contributed by atoms with E-state index in [9.17, 15) is 9.90 Å². The van der Waals surface area contributed by atoms with Crippen molar-refractivity contribution in [1.29, 1.82) is 0 Å². The van der Waals surface area contributed by atoms with E-state index < -0.39 is 0 Å². The highest BCUT2D eigenvalue weighted by Gasteiger charge is 2.05. The number of aliphatic hydroxyl groups excluding tert-OH is 1. The summed E-state index contributed by atoms with van der Waals surface area (Å²) in [6.07, 6.45) is 30.3. The number of allylic oxidation sites excluding steroid dienone is 7. The van der Waals surface area contributed by atoms with Gasteiger partial charge in [0.15, 0.2) is 0 Å². The van der Waals surface area contributed by atoms with Crippen LogP contribution in [0, 0.1) is 0 Å². The Morgan fingerprint density at radius 2 is 1.24 bits per heavy atom. The highest BCUT2D eigenvalue weighted by atomic mass is 16.3. The molecule has 2 heteroatoms. The van der Waals surface area contributed by atoms with Gasteiger partial charge in [0.05, 0.1) is 6.61 Å². The van der Waals surface area contributed by atoms with Crippen LogP contribution in [0.25, 0.3) is 0 Å². The Hall–Kier alpha value is -1.41. The van der Waals surface area contributed by atoms with Gasteiger partial charge in [-0.15, -0.1) is 0 Å². The molecule has 0 aromatic carbocycles. The molecule has 0 amide bonds. The standard InChI is InChI=1S/C31H54O2/c1-5-6-7-8-9-10-11-12-13-14-15-16-17-18-24-30(27-32)26-31(33)25-20-23-29(4)22-19-21-28(2)3/h8-9,21,23-24,32H,5-7,10-20,22,25-27H2,1-4H3/b9-8-,29-23+,30-24+. The summed E-state index contributed by atoms with van der Waals surface area (Å²) in [5, 5.41) is 9.59. The van der Waals surface area contributed by atoms with E-state index in [2.05, 4.69) is 58.1 Å². The summed E-state index contributed by atoms with van der Waals surface area (Å²) in [6.45, 7) is 8.65. The van der Waals surface area contributed by atoms with E-state index in [1.807, 2.05) is 0 Å². The molecule has 0 rings (SSSR count). The molecule has 0 fully saturated rings. The second-order valence-electron chi connectivity index (χ2n) is 9.81. The van der Waals surface area contributed by atoms with E-state index in [0.717, 1.165) is 37.7 Å². The lowest BCUT2D eigenvalue weighted by molar-refractivity contribution is -0.118. The van der Waals surface area contributed by atoms with Gasteiger partial charge in [-0.05, 0) is 77.7 Å². The lowest BCUT2D eigenvalue weighted by Crippen LogP contribution is -2.02. The molecule has 1 N–H and O–H groups in total. The molecule has 190 valence electrons. The predicted molar refractivity (Wildman–Crippen MR) is 147 cm³/mol. The summed E-state index contributed by atoms with van der Waals surface area (Å²) in [5.74, 6) is 0.240. The molecule has 0 aliphatic rings. The zero-order valence-corrected chi connectivity index (χ0v) is 22.5. The average molecular weight is 459 g/mol. The highest BCUT2D eigenvalue weighted by molar-refractivity contribution is 5.80. The minimum Gasteiger partial charge on any atom is -0.392 e. The molecule has 0 aliphatic carbocycles. The summed E-state index contributed by atoms with van der Waals surface area (Å²) >= 11 is 0. The van der Waals surface area contributed by atoms with Gasteiger partial charge in [0.1, 0.15) is 5.78 Å². The fraction of sp³-hybridized carbons (Fsp3) is 0.710. The lowest BCUT2D eigenvalue weighted by atomic mass is 10.0. The number of hydrogen-bond acceptors (Lipinski definition) is 2. The zero-order chi connectivity index (χ0) is 24.6. The smallest absolute Gasteiger partial charge is 0.137 e. The first kappa shape index (κ1) is 31.6. The van der Waals surface area contributed by atoms with Crippen molar-refractivity contribution in [1.82, 2.24) is 0 Å². The highest BCUT2D eigenvalue weighted by Crippen LogP contribution is 2.14. The maximum absolute atomic E-state index is 12.3. The predicted octanol–water partition coefficient (Wildman–Crippen LogP) is 9.59. The Morgan fingerprint density at radius 1 is 0.667 bits per heavy atom. The van der Waals surface area contributed by atoms with E-state index >= 15 is 0 Å². The van der Waals surface area contributed by atoms with Crippen molar-refractivity contribution in [2.75, 3.05) is 6.61 Å². The van der Waals surface area contributed by atoms with Gasteiger partial charge in [0.2, 0.25) is 0 Å². The summed E-state index contributed by atoms with van der Waals surface area (Å²) in [6, 6.07) is 0. The molecule has 33 heavy (non-hydrogen) atoms. The second kappa shape index (κ2) is 23.7. The van der Waals surface area contributed by atoms with Crippen LogP contribution in [0.3, 0.4) is 0 Å². The number of aliphatic hydroxyl groups is 1. The summed E-state index contributed by atoms with van der Waals surface area (Å²) in [4.78, 5) is 12.3. The number of Topliss-reactive ketones (excluding diaryl/α,β-unsaturated/α-hetero) is 1. The Labute approximate surface area is 206 Å². The molecule has 0 bridgehead atoms. The third kappa shape index (κ3) is 23.5. The van der Waals surface area contributed by atoms with Crippen molar-refractivity contribution in [3.63, 3.8) is 0 Å². The Kier molecular flexibility index (Phi) is 22.7. The molecule has 0 atom stereocenters. The first-order valence-electron chi connectivity index (χ1n) is 13.7. The number of unbranched alkanes of at least 4 members (excludes halogenated alkanes) is 10. The van der Waals surface area contributed by atoms with Crippen molar-refractivity contribution in [3.05, 3.63) is 47.1 Å². The molecular formula is C31H54O2. The van der Waals surface area contributed by atoms with Gasteiger partial charge in [0, 0.05) is 12.8 Å². The molecule has 0 spiro atoms. The molecular weight excluding hydrogens is 404 g/mol. The van der Waals surface area contributed by atoms with E-state index in [4.69, 9.17) is 0 Å². The largest absolute Gasteiger partial charge is 0.392 e. The second-order valence-corrected chi connectivity index (χ2v) is 9.81. The van der Waals surface area contributed by atoms with Crippen molar-refractivity contribution >= 4 is 5.78 Å².